The van der Waals surface area contributed by atoms with Gasteiger partial charge in [0.1, 0.15) is 5.84 Å². The Hall–Kier alpha value is -2.94. The summed E-state index contributed by atoms with van der Waals surface area (Å²) in [5.41, 5.74) is 0.281. The third-order valence-corrected chi connectivity index (χ3v) is 5.47. The fraction of sp³-hybridized carbons (Fsp3) is 0.263. The maximum absolute atomic E-state index is 13.5. The number of hydrogen-bond donors (Lipinski definition) is 1. The third-order valence-electron chi connectivity index (χ3n) is 4.17. The Balaban J connectivity index is 1.67. The number of rotatable bonds is 6. The number of carbonyl (C=O) groups excluding carboxylic acids is 1. The highest BCUT2D eigenvalue weighted by Crippen LogP contribution is 2.20. The van der Waals surface area contributed by atoms with Crippen molar-refractivity contribution in [2.24, 2.45) is 4.40 Å². The maximum Gasteiger partial charge on any atom is 0.284 e. The van der Waals surface area contributed by atoms with E-state index in [1.54, 1.807) is 19.2 Å². The topological polar surface area (TPSA) is 88.1 Å². The van der Waals surface area contributed by atoms with E-state index in [0.717, 1.165) is 13.0 Å². The molecule has 0 atom stereocenters. The van der Waals surface area contributed by atoms with Gasteiger partial charge >= 0.3 is 0 Å². The normalized spacial score (nSPS) is 15.6. The van der Waals surface area contributed by atoms with Gasteiger partial charge in [0.05, 0.1) is 4.90 Å². The average Bonchev–Trinajstić information content (AvgIpc) is 3.05. The summed E-state index contributed by atoms with van der Waals surface area (Å²) in [6.45, 7) is 0.359. The highest BCUT2D eigenvalue weighted by atomic mass is 32.2. The van der Waals surface area contributed by atoms with Gasteiger partial charge in [-0.05, 0) is 36.8 Å². The fourth-order valence-corrected chi connectivity index (χ4v) is 3.88. The molecule has 0 saturated carbocycles. The minimum atomic E-state index is -3.88. The summed E-state index contributed by atoms with van der Waals surface area (Å²) in [5.74, 6) is -0.628. The molecule has 1 heterocycles. The molecule has 28 heavy (non-hydrogen) atoms. The molecule has 9 heteroatoms. The van der Waals surface area contributed by atoms with Gasteiger partial charge in [-0.15, -0.1) is 4.40 Å². The number of anilines is 1. The van der Waals surface area contributed by atoms with E-state index >= 15 is 0 Å². The zero-order valence-electron chi connectivity index (χ0n) is 15.3. The molecule has 0 spiro atoms. The van der Waals surface area contributed by atoms with E-state index in [2.05, 4.69) is 9.71 Å². The highest BCUT2D eigenvalue weighted by molar-refractivity contribution is 7.90. The SMILES string of the molecule is CN1CCCC1=NS(=O)(=O)c1cccc(NC(=O)COc2ccccc2F)c1. The summed E-state index contributed by atoms with van der Waals surface area (Å²) in [7, 11) is -2.08. The molecular formula is C19H20FN3O4S. The Kier molecular flexibility index (Phi) is 5.93. The van der Waals surface area contributed by atoms with Crippen LogP contribution in [0.15, 0.2) is 57.8 Å². The molecular weight excluding hydrogens is 385 g/mol. The Labute approximate surface area is 162 Å². The molecule has 0 aliphatic carbocycles. The van der Waals surface area contributed by atoms with Crippen molar-refractivity contribution in [1.29, 1.82) is 0 Å². The first-order valence-electron chi connectivity index (χ1n) is 8.67. The van der Waals surface area contributed by atoms with Crippen LogP contribution < -0.4 is 10.1 Å². The van der Waals surface area contributed by atoms with Crippen molar-refractivity contribution in [2.45, 2.75) is 17.7 Å². The number of ether oxygens (including phenoxy) is 1. The number of nitrogens with one attached hydrogen (secondary N) is 1. The van der Waals surface area contributed by atoms with Crippen molar-refractivity contribution >= 4 is 27.5 Å². The molecule has 0 bridgehead atoms. The number of para-hydroxylation sites is 1. The first-order chi connectivity index (χ1) is 13.3. The number of hydrogen-bond acceptors (Lipinski definition) is 4. The Morgan fingerprint density at radius 1 is 1.25 bits per heavy atom. The standard InChI is InChI=1S/C19H20FN3O4S/c1-23-11-5-10-18(23)22-28(25,26)15-7-4-6-14(12-15)21-19(24)13-27-17-9-3-2-8-16(17)20/h2-4,6-9,12H,5,10-11,13H2,1H3,(H,21,24). The van der Waals surface area contributed by atoms with Crippen molar-refractivity contribution in [1.82, 2.24) is 4.90 Å². The molecule has 1 N–H and O–H groups in total. The smallest absolute Gasteiger partial charge is 0.284 e. The van der Waals surface area contributed by atoms with E-state index in [1.165, 1.54) is 36.4 Å². The molecule has 1 aliphatic heterocycles. The third kappa shape index (κ3) is 4.86. The number of amides is 1. The van der Waals surface area contributed by atoms with E-state index in [0.29, 0.717) is 12.3 Å². The van der Waals surface area contributed by atoms with Crippen molar-refractivity contribution in [3.8, 4) is 5.75 Å². The number of likely N-dealkylation sites (tertiary alicyclic amines) is 1. The van der Waals surface area contributed by atoms with Crippen LogP contribution in [0.5, 0.6) is 5.75 Å². The van der Waals surface area contributed by atoms with Gasteiger partial charge in [0, 0.05) is 25.7 Å². The second-order valence-corrected chi connectivity index (χ2v) is 7.91. The summed E-state index contributed by atoms with van der Waals surface area (Å²) < 4.78 is 47.6. The van der Waals surface area contributed by atoms with Crippen LogP contribution in [0.4, 0.5) is 10.1 Å². The summed E-state index contributed by atoms with van der Waals surface area (Å²) >= 11 is 0. The number of carbonyl (C=O) groups is 1. The van der Waals surface area contributed by atoms with Gasteiger partial charge < -0.3 is 15.0 Å². The summed E-state index contributed by atoms with van der Waals surface area (Å²) in [4.78, 5) is 13.8. The van der Waals surface area contributed by atoms with E-state index in [1.807, 2.05) is 4.90 Å². The Bertz CT molecular complexity index is 1010. The van der Waals surface area contributed by atoms with Gasteiger partial charge in [-0.25, -0.2) is 4.39 Å². The van der Waals surface area contributed by atoms with E-state index in [9.17, 15) is 17.6 Å². The summed E-state index contributed by atoms with van der Waals surface area (Å²) in [5, 5.41) is 2.54. The van der Waals surface area contributed by atoms with Crippen molar-refractivity contribution in [3.63, 3.8) is 0 Å². The predicted molar refractivity (Wildman–Crippen MR) is 103 cm³/mol. The van der Waals surface area contributed by atoms with Crippen LogP contribution >= 0.6 is 0 Å². The largest absolute Gasteiger partial charge is 0.481 e. The first-order valence-corrected chi connectivity index (χ1v) is 10.1. The van der Waals surface area contributed by atoms with Crippen LogP contribution in [-0.4, -0.2) is 45.3 Å². The van der Waals surface area contributed by atoms with Crippen LogP contribution in [0.3, 0.4) is 0 Å². The number of amidine groups is 1. The molecule has 1 fully saturated rings. The van der Waals surface area contributed by atoms with Crippen molar-refractivity contribution < 1.29 is 22.3 Å². The zero-order valence-corrected chi connectivity index (χ0v) is 16.1. The van der Waals surface area contributed by atoms with Crippen LogP contribution in [-0.2, 0) is 14.8 Å². The Morgan fingerprint density at radius 3 is 2.75 bits per heavy atom. The second-order valence-electron chi connectivity index (χ2n) is 6.30. The fourth-order valence-electron chi connectivity index (χ4n) is 2.74. The van der Waals surface area contributed by atoms with E-state index in [4.69, 9.17) is 4.74 Å². The van der Waals surface area contributed by atoms with E-state index < -0.39 is 28.4 Å². The van der Waals surface area contributed by atoms with Gasteiger partial charge in [-0.3, -0.25) is 4.79 Å². The lowest BCUT2D eigenvalue weighted by Gasteiger charge is -2.11. The monoisotopic (exact) mass is 405 g/mol. The summed E-state index contributed by atoms with van der Waals surface area (Å²) in [6.07, 6.45) is 1.47. The molecule has 0 unspecified atom stereocenters. The van der Waals surface area contributed by atoms with Gasteiger partial charge in [0.2, 0.25) is 0 Å². The quantitative estimate of drug-likeness (QED) is 0.798. The molecule has 148 valence electrons. The molecule has 1 aliphatic rings. The number of sulfonamides is 1. The number of benzene rings is 2. The molecule has 0 aromatic heterocycles. The molecule has 1 amide bonds. The minimum Gasteiger partial charge on any atom is -0.481 e. The first kappa shape index (κ1) is 19.8. The molecule has 0 radical (unpaired) electrons. The molecule has 2 aromatic rings. The van der Waals surface area contributed by atoms with Crippen molar-refractivity contribution in [3.05, 3.63) is 54.3 Å². The van der Waals surface area contributed by atoms with Gasteiger partial charge in [0.25, 0.3) is 15.9 Å². The maximum atomic E-state index is 13.5. The van der Waals surface area contributed by atoms with Gasteiger partial charge in [0.15, 0.2) is 18.2 Å². The van der Waals surface area contributed by atoms with Crippen LogP contribution in [0, 0.1) is 5.82 Å². The lowest BCUT2D eigenvalue weighted by atomic mass is 10.3. The van der Waals surface area contributed by atoms with Gasteiger partial charge in [-0.1, -0.05) is 18.2 Å². The zero-order chi connectivity index (χ0) is 20.1. The molecule has 7 nitrogen and oxygen atoms in total. The molecule has 2 aromatic carbocycles. The number of nitrogens with zero attached hydrogens (tertiary/aromatic N) is 2. The lowest BCUT2D eigenvalue weighted by Crippen LogP contribution is -2.21. The Morgan fingerprint density at radius 2 is 2.04 bits per heavy atom. The second kappa shape index (κ2) is 8.39. The summed E-state index contributed by atoms with van der Waals surface area (Å²) in [6, 6.07) is 11.6. The molecule has 1 saturated heterocycles. The van der Waals surface area contributed by atoms with E-state index in [-0.39, 0.29) is 16.3 Å². The van der Waals surface area contributed by atoms with Gasteiger partial charge in [-0.2, -0.15) is 8.42 Å². The lowest BCUT2D eigenvalue weighted by molar-refractivity contribution is -0.118. The molecule has 3 rings (SSSR count). The predicted octanol–water partition coefficient (Wildman–Crippen LogP) is 2.66. The highest BCUT2D eigenvalue weighted by Gasteiger charge is 2.20. The van der Waals surface area contributed by atoms with Crippen LogP contribution in [0.1, 0.15) is 12.8 Å². The number of halogens is 1. The minimum absolute atomic E-state index is 0.0203. The van der Waals surface area contributed by atoms with Crippen LogP contribution in [0.2, 0.25) is 0 Å². The van der Waals surface area contributed by atoms with Crippen LogP contribution in [0.25, 0.3) is 0 Å². The average molecular weight is 405 g/mol. The van der Waals surface area contributed by atoms with Crippen molar-refractivity contribution in [2.75, 3.05) is 25.5 Å².